The maximum atomic E-state index is 12.4. The van der Waals surface area contributed by atoms with Crippen molar-refractivity contribution < 1.29 is 14.7 Å². The molecule has 1 fully saturated rings. The van der Waals surface area contributed by atoms with Gasteiger partial charge in [0.05, 0.1) is 0 Å². The van der Waals surface area contributed by atoms with Crippen LogP contribution in [-0.2, 0) is 11.8 Å². The molecular formula is C24H30N2O3. The molecule has 0 atom stereocenters. The van der Waals surface area contributed by atoms with Crippen molar-refractivity contribution in [3.05, 3.63) is 65.2 Å². The number of nitrogens with one attached hydrogen (secondary N) is 1. The Hall–Kier alpha value is -2.82. The second-order valence-corrected chi connectivity index (χ2v) is 8.89. The van der Waals surface area contributed by atoms with Crippen molar-refractivity contribution in [3.8, 4) is 5.75 Å². The molecule has 1 heterocycles. The predicted octanol–water partition coefficient (Wildman–Crippen LogP) is 4.49. The van der Waals surface area contributed by atoms with Gasteiger partial charge in [0.2, 0.25) is 0 Å². The number of rotatable bonds is 3. The van der Waals surface area contributed by atoms with E-state index in [0.717, 1.165) is 19.3 Å². The molecule has 2 aromatic rings. The molecular weight excluding hydrogens is 364 g/mol. The predicted molar refractivity (Wildman–Crippen MR) is 114 cm³/mol. The van der Waals surface area contributed by atoms with Crippen molar-refractivity contribution in [3.63, 3.8) is 0 Å². The number of urea groups is 1. The highest BCUT2D eigenvalue weighted by Gasteiger charge is 2.24. The largest absolute Gasteiger partial charge is 0.508 e. The fourth-order valence-electron chi connectivity index (χ4n) is 3.68. The zero-order valence-corrected chi connectivity index (χ0v) is 17.4. The van der Waals surface area contributed by atoms with Gasteiger partial charge in [-0.2, -0.15) is 0 Å². The van der Waals surface area contributed by atoms with Crippen LogP contribution in [0.5, 0.6) is 5.75 Å². The number of carbonyl (C=O) groups excluding carboxylic acids is 2. The number of hydrogen-bond donors (Lipinski definition) is 2. The van der Waals surface area contributed by atoms with E-state index in [-0.39, 0.29) is 17.2 Å². The highest BCUT2D eigenvalue weighted by atomic mass is 16.3. The number of aromatic hydroxyl groups is 1. The number of phenolic OH excluding ortho intramolecular Hbond substituents is 1. The molecule has 0 spiro atoms. The molecule has 3 rings (SSSR count). The summed E-state index contributed by atoms with van der Waals surface area (Å²) in [4.78, 5) is 26.3. The van der Waals surface area contributed by atoms with Crippen molar-refractivity contribution in [2.75, 3.05) is 13.1 Å². The maximum absolute atomic E-state index is 12.4. The summed E-state index contributed by atoms with van der Waals surface area (Å²) in [7, 11) is 0. The number of amides is 3. The number of hydrogen-bond acceptors (Lipinski definition) is 3. The van der Waals surface area contributed by atoms with Crippen molar-refractivity contribution in [2.45, 2.75) is 45.4 Å². The molecule has 0 unspecified atom stereocenters. The molecule has 0 aliphatic carbocycles. The van der Waals surface area contributed by atoms with E-state index < -0.39 is 5.91 Å². The van der Waals surface area contributed by atoms with Gasteiger partial charge < -0.3 is 10.0 Å². The number of benzene rings is 2. The lowest BCUT2D eigenvalue weighted by Gasteiger charge is -2.32. The van der Waals surface area contributed by atoms with Crippen LogP contribution in [0.4, 0.5) is 4.79 Å². The van der Waals surface area contributed by atoms with E-state index in [1.165, 1.54) is 35.4 Å². The van der Waals surface area contributed by atoms with Gasteiger partial charge >= 0.3 is 6.03 Å². The summed E-state index contributed by atoms with van der Waals surface area (Å²) in [6, 6.07) is 14.4. The quantitative estimate of drug-likeness (QED) is 0.806. The van der Waals surface area contributed by atoms with Crippen LogP contribution in [0.3, 0.4) is 0 Å². The number of nitrogens with zero attached hydrogens (tertiary/aromatic N) is 1. The Morgan fingerprint density at radius 2 is 1.59 bits per heavy atom. The van der Waals surface area contributed by atoms with Crippen LogP contribution in [0.2, 0.25) is 0 Å². The smallest absolute Gasteiger partial charge is 0.324 e. The lowest BCUT2D eigenvalue weighted by atomic mass is 9.85. The minimum atomic E-state index is -0.448. The van der Waals surface area contributed by atoms with Gasteiger partial charge in [-0.05, 0) is 66.0 Å². The summed E-state index contributed by atoms with van der Waals surface area (Å²) in [6.07, 6.45) is 2.88. The molecule has 0 bridgehead atoms. The van der Waals surface area contributed by atoms with Crippen LogP contribution in [0.15, 0.2) is 48.5 Å². The number of likely N-dealkylation sites (tertiary alicyclic amines) is 1. The molecule has 2 N–H and O–H groups in total. The lowest BCUT2D eigenvalue weighted by molar-refractivity contribution is 0.0945. The van der Waals surface area contributed by atoms with E-state index >= 15 is 0 Å². The molecule has 0 saturated carbocycles. The Morgan fingerprint density at radius 1 is 1.00 bits per heavy atom. The number of piperidine rings is 1. The van der Waals surface area contributed by atoms with E-state index in [4.69, 9.17) is 0 Å². The molecule has 29 heavy (non-hydrogen) atoms. The molecule has 1 saturated heterocycles. The Balaban J connectivity index is 1.47. The van der Waals surface area contributed by atoms with Crippen LogP contribution < -0.4 is 5.32 Å². The molecule has 5 heteroatoms. The first-order chi connectivity index (χ1) is 13.7. The molecule has 1 aliphatic rings. The third-order valence-corrected chi connectivity index (χ3v) is 5.60. The van der Waals surface area contributed by atoms with E-state index in [0.29, 0.717) is 24.6 Å². The molecule has 2 aromatic carbocycles. The van der Waals surface area contributed by atoms with Crippen LogP contribution in [0.1, 0.15) is 55.1 Å². The molecule has 0 aromatic heterocycles. The third-order valence-electron chi connectivity index (χ3n) is 5.60. The maximum Gasteiger partial charge on any atom is 0.324 e. The first kappa shape index (κ1) is 20.9. The SMILES string of the molecule is CC(C)(C)c1ccc(CC2CCN(C(=O)NC(=O)c3ccc(O)cc3)CC2)cc1. The standard InChI is InChI=1S/C24H30N2O3/c1-24(2,3)20-8-4-17(5-9-20)16-18-12-14-26(15-13-18)23(29)25-22(28)19-6-10-21(27)11-7-19/h4-11,18,27H,12-16H2,1-3H3,(H,25,28,29). The van der Waals surface area contributed by atoms with Gasteiger partial charge in [0.25, 0.3) is 5.91 Å². The summed E-state index contributed by atoms with van der Waals surface area (Å²) >= 11 is 0. The zero-order valence-electron chi connectivity index (χ0n) is 17.4. The third kappa shape index (κ3) is 5.59. The van der Waals surface area contributed by atoms with Gasteiger partial charge in [0.1, 0.15) is 5.75 Å². The number of imide groups is 1. The first-order valence-corrected chi connectivity index (χ1v) is 10.2. The average Bonchev–Trinajstić information content (AvgIpc) is 2.68. The lowest BCUT2D eigenvalue weighted by Crippen LogP contribution is -2.46. The minimum Gasteiger partial charge on any atom is -0.508 e. The van der Waals surface area contributed by atoms with Crippen LogP contribution in [0.25, 0.3) is 0 Å². The van der Waals surface area contributed by atoms with Gasteiger partial charge in [0.15, 0.2) is 0 Å². The Labute approximate surface area is 172 Å². The molecule has 154 valence electrons. The Kier molecular flexibility index (Phi) is 6.26. The van der Waals surface area contributed by atoms with Crippen molar-refractivity contribution >= 4 is 11.9 Å². The van der Waals surface area contributed by atoms with Crippen molar-refractivity contribution in [1.29, 1.82) is 0 Å². The second-order valence-electron chi connectivity index (χ2n) is 8.89. The summed E-state index contributed by atoms with van der Waals surface area (Å²) in [5, 5.41) is 11.7. The van der Waals surface area contributed by atoms with Gasteiger partial charge in [-0.25, -0.2) is 4.79 Å². The van der Waals surface area contributed by atoms with E-state index in [1.807, 2.05) is 0 Å². The minimum absolute atomic E-state index is 0.0861. The summed E-state index contributed by atoms with van der Waals surface area (Å²) < 4.78 is 0. The topological polar surface area (TPSA) is 69.6 Å². The van der Waals surface area contributed by atoms with Gasteiger partial charge in [-0.15, -0.1) is 0 Å². The summed E-state index contributed by atoms with van der Waals surface area (Å²) in [6.45, 7) is 7.96. The molecule has 5 nitrogen and oxygen atoms in total. The number of carbonyl (C=O) groups is 2. The number of phenols is 1. The zero-order chi connectivity index (χ0) is 21.0. The van der Waals surface area contributed by atoms with Crippen LogP contribution in [0, 0.1) is 5.92 Å². The Bertz CT molecular complexity index is 843. The second kappa shape index (κ2) is 8.68. The van der Waals surface area contributed by atoms with E-state index in [1.54, 1.807) is 4.90 Å². The van der Waals surface area contributed by atoms with E-state index in [9.17, 15) is 14.7 Å². The van der Waals surface area contributed by atoms with Crippen molar-refractivity contribution in [2.24, 2.45) is 5.92 Å². The summed E-state index contributed by atoms with van der Waals surface area (Å²) in [5.41, 5.74) is 3.19. The van der Waals surface area contributed by atoms with Crippen LogP contribution >= 0.6 is 0 Å². The molecule has 1 aliphatic heterocycles. The monoisotopic (exact) mass is 394 g/mol. The van der Waals surface area contributed by atoms with Gasteiger partial charge in [0, 0.05) is 18.7 Å². The van der Waals surface area contributed by atoms with Gasteiger partial charge in [-0.1, -0.05) is 45.0 Å². The molecule has 3 amide bonds. The Morgan fingerprint density at radius 3 is 2.14 bits per heavy atom. The first-order valence-electron chi connectivity index (χ1n) is 10.2. The summed E-state index contributed by atoms with van der Waals surface area (Å²) in [5.74, 6) is 0.186. The normalized spacial score (nSPS) is 15.2. The van der Waals surface area contributed by atoms with Crippen molar-refractivity contribution in [1.82, 2.24) is 10.2 Å². The molecule has 0 radical (unpaired) electrons. The average molecular weight is 395 g/mol. The fraction of sp³-hybridized carbons (Fsp3) is 0.417. The highest BCUT2D eigenvalue weighted by Crippen LogP contribution is 2.25. The van der Waals surface area contributed by atoms with Crippen LogP contribution in [-0.4, -0.2) is 35.0 Å². The fourth-order valence-corrected chi connectivity index (χ4v) is 3.68. The van der Waals surface area contributed by atoms with E-state index in [2.05, 4.69) is 50.4 Å². The van der Waals surface area contributed by atoms with Gasteiger partial charge in [-0.3, -0.25) is 10.1 Å². The highest BCUT2D eigenvalue weighted by molar-refractivity contribution is 6.04.